The summed E-state index contributed by atoms with van der Waals surface area (Å²) < 4.78 is 32.5. The minimum atomic E-state index is -2.22. The first-order valence-electron chi connectivity index (χ1n) is 7.23. The van der Waals surface area contributed by atoms with Gasteiger partial charge in [0, 0.05) is 31.6 Å². The highest BCUT2D eigenvalue weighted by Crippen LogP contribution is 2.27. The third-order valence-electron chi connectivity index (χ3n) is 3.20. The maximum absolute atomic E-state index is 11.7. The summed E-state index contributed by atoms with van der Waals surface area (Å²) >= 11 is 0. The number of nitrogens with zero attached hydrogens (tertiary/aromatic N) is 4. The van der Waals surface area contributed by atoms with Gasteiger partial charge in [-0.15, -0.1) is 9.05 Å². The Morgan fingerprint density at radius 3 is 1.75 bits per heavy atom. The lowest BCUT2D eigenvalue weighted by molar-refractivity contribution is 0.0655. The number of methoxy groups -OCH3 is 2. The van der Waals surface area contributed by atoms with Gasteiger partial charge in [0.05, 0.1) is 0 Å². The van der Waals surface area contributed by atoms with Crippen molar-refractivity contribution in [1.29, 1.82) is 0 Å². The first kappa shape index (κ1) is 18.6. The number of aromatic nitrogens is 6. The van der Waals surface area contributed by atoms with Crippen LogP contribution in [0.1, 0.15) is 36.7 Å². The van der Waals surface area contributed by atoms with Crippen molar-refractivity contribution in [3.63, 3.8) is 0 Å². The molecule has 0 aliphatic heterocycles. The van der Waals surface area contributed by atoms with E-state index in [-0.39, 0.29) is 25.4 Å². The highest BCUT2D eigenvalue weighted by molar-refractivity contribution is 7.33. The maximum Gasteiger partial charge on any atom is 0.697 e. The van der Waals surface area contributed by atoms with Crippen LogP contribution < -0.4 is 0 Å². The van der Waals surface area contributed by atoms with Crippen molar-refractivity contribution in [1.82, 2.24) is 30.4 Å². The molecule has 11 nitrogen and oxygen atoms in total. The predicted octanol–water partition coefficient (Wildman–Crippen LogP) is 1.47. The van der Waals surface area contributed by atoms with Crippen LogP contribution in [0.2, 0.25) is 0 Å². The SMILES string of the molecule is COC(CCO[P+](=O)OCCC(OC)c1ncn[nH]1)c1ncn[nH]1. The summed E-state index contributed by atoms with van der Waals surface area (Å²) in [6.45, 7) is 0.397. The number of nitrogens with one attached hydrogen (secondary N) is 2. The molecule has 0 amide bonds. The summed E-state index contributed by atoms with van der Waals surface area (Å²) in [5, 5.41) is 13.0. The van der Waals surface area contributed by atoms with E-state index in [0.29, 0.717) is 24.5 Å². The molecule has 2 atom stereocenters. The van der Waals surface area contributed by atoms with E-state index in [1.165, 1.54) is 12.7 Å². The summed E-state index contributed by atoms with van der Waals surface area (Å²) in [7, 11) is 0.887. The van der Waals surface area contributed by atoms with Crippen LogP contribution in [0.3, 0.4) is 0 Å². The smallest absolute Gasteiger partial charge is 0.373 e. The zero-order chi connectivity index (χ0) is 17.2. The average molecular weight is 359 g/mol. The molecule has 0 fully saturated rings. The van der Waals surface area contributed by atoms with Crippen LogP contribution in [-0.4, -0.2) is 57.8 Å². The third-order valence-corrected chi connectivity index (χ3v) is 3.99. The molecule has 2 rings (SSSR count). The lowest BCUT2D eigenvalue weighted by Gasteiger charge is -2.10. The molecule has 2 unspecified atom stereocenters. The summed E-state index contributed by atoms with van der Waals surface area (Å²) in [6, 6.07) is 0. The fraction of sp³-hybridized carbons (Fsp3) is 0.667. The Bertz CT molecular complexity index is 531. The number of ether oxygens (including phenoxy) is 2. The van der Waals surface area contributed by atoms with Crippen LogP contribution in [-0.2, 0) is 23.1 Å². The van der Waals surface area contributed by atoms with Gasteiger partial charge >= 0.3 is 8.25 Å². The second kappa shape index (κ2) is 10.2. The molecule has 0 bridgehead atoms. The van der Waals surface area contributed by atoms with Crippen molar-refractivity contribution >= 4 is 8.25 Å². The molecule has 2 aromatic rings. The van der Waals surface area contributed by atoms with E-state index >= 15 is 0 Å². The van der Waals surface area contributed by atoms with Crippen molar-refractivity contribution in [3.8, 4) is 0 Å². The zero-order valence-corrected chi connectivity index (χ0v) is 14.3. The molecule has 2 N–H and O–H groups in total. The van der Waals surface area contributed by atoms with Crippen molar-refractivity contribution in [2.75, 3.05) is 27.4 Å². The minimum Gasteiger partial charge on any atom is -0.373 e. The lowest BCUT2D eigenvalue weighted by Crippen LogP contribution is -2.08. The second-order valence-corrected chi connectivity index (χ2v) is 5.62. The van der Waals surface area contributed by atoms with Gasteiger partial charge in [0.15, 0.2) is 11.6 Å². The van der Waals surface area contributed by atoms with E-state index in [9.17, 15) is 4.57 Å². The third kappa shape index (κ3) is 5.69. The lowest BCUT2D eigenvalue weighted by atomic mass is 10.2. The van der Waals surface area contributed by atoms with Crippen molar-refractivity contribution in [3.05, 3.63) is 24.3 Å². The molecule has 0 aliphatic carbocycles. The van der Waals surface area contributed by atoms with Crippen LogP contribution in [0.15, 0.2) is 12.7 Å². The Hall–Kier alpha value is -1.78. The van der Waals surface area contributed by atoms with Gasteiger partial charge in [-0.3, -0.25) is 10.2 Å². The van der Waals surface area contributed by atoms with E-state index < -0.39 is 8.25 Å². The normalized spacial score (nSPS) is 14.5. The van der Waals surface area contributed by atoms with Crippen LogP contribution in [0.4, 0.5) is 0 Å². The first-order valence-corrected chi connectivity index (χ1v) is 8.33. The van der Waals surface area contributed by atoms with Crippen molar-refractivity contribution < 1.29 is 23.1 Å². The number of aromatic amines is 2. The van der Waals surface area contributed by atoms with E-state index in [0.717, 1.165) is 0 Å². The molecule has 0 radical (unpaired) electrons. The van der Waals surface area contributed by atoms with Gasteiger partial charge in [0.25, 0.3) is 0 Å². The van der Waals surface area contributed by atoms with Gasteiger partial charge < -0.3 is 9.47 Å². The highest BCUT2D eigenvalue weighted by Gasteiger charge is 2.24. The Balaban J connectivity index is 1.63. The van der Waals surface area contributed by atoms with Gasteiger partial charge in [-0.2, -0.15) is 10.2 Å². The van der Waals surface area contributed by atoms with Gasteiger partial charge in [0.1, 0.15) is 38.1 Å². The van der Waals surface area contributed by atoms with E-state index in [1.54, 1.807) is 14.2 Å². The zero-order valence-electron chi connectivity index (χ0n) is 13.4. The fourth-order valence-electron chi connectivity index (χ4n) is 1.98. The quantitative estimate of drug-likeness (QED) is 0.539. The van der Waals surface area contributed by atoms with Crippen LogP contribution >= 0.6 is 8.25 Å². The molecule has 24 heavy (non-hydrogen) atoms. The highest BCUT2D eigenvalue weighted by atomic mass is 31.1. The number of hydrogen-bond donors (Lipinski definition) is 2. The summed E-state index contributed by atoms with van der Waals surface area (Å²) in [5.74, 6) is 1.18. The molecule has 132 valence electrons. The molecule has 2 heterocycles. The topological polar surface area (TPSA) is 137 Å². The summed E-state index contributed by atoms with van der Waals surface area (Å²) in [4.78, 5) is 8.02. The molecule has 0 aromatic carbocycles. The predicted molar refractivity (Wildman–Crippen MR) is 81.0 cm³/mol. The standard InChI is InChI=1S/C12H20N6O5P/c1-20-9(11-13-7-15-17-11)3-5-22-24(19)23-6-4-10(21-2)12-14-8-16-18-12/h7-10H,3-6H2,1-2H3,(H,13,15,17)(H,14,16,18)/q+1. The Labute approximate surface area is 139 Å². The number of H-pyrrole nitrogens is 2. The van der Waals surface area contributed by atoms with Crippen LogP contribution in [0.5, 0.6) is 0 Å². The first-order chi connectivity index (χ1) is 11.7. The van der Waals surface area contributed by atoms with Crippen molar-refractivity contribution in [2.45, 2.75) is 25.0 Å². The number of hydrogen-bond acceptors (Lipinski definition) is 9. The summed E-state index contributed by atoms with van der Waals surface area (Å²) in [6.07, 6.45) is 3.11. The Kier molecular flexibility index (Phi) is 7.86. The van der Waals surface area contributed by atoms with E-state index in [1.807, 2.05) is 0 Å². The van der Waals surface area contributed by atoms with Crippen LogP contribution in [0.25, 0.3) is 0 Å². The fourth-order valence-corrected chi connectivity index (χ4v) is 2.56. The molecule has 0 aliphatic rings. The molecular weight excluding hydrogens is 339 g/mol. The largest absolute Gasteiger partial charge is 0.697 e. The molecule has 2 aromatic heterocycles. The van der Waals surface area contributed by atoms with Gasteiger partial charge in [-0.05, 0) is 0 Å². The monoisotopic (exact) mass is 359 g/mol. The molecule has 0 spiro atoms. The van der Waals surface area contributed by atoms with E-state index in [4.69, 9.17) is 18.5 Å². The Morgan fingerprint density at radius 1 is 0.958 bits per heavy atom. The van der Waals surface area contributed by atoms with Gasteiger partial charge in [-0.1, -0.05) is 0 Å². The molecule has 0 saturated carbocycles. The van der Waals surface area contributed by atoms with E-state index in [2.05, 4.69) is 30.4 Å². The van der Waals surface area contributed by atoms with Crippen molar-refractivity contribution in [2.24, 2.45) is 0 Å². The molecule has 12 heteroatoms. The van der Waals surface area contributed by atoms with Crippen LogP contribution in [0, 0.1) is 0 Å². The second-order valence-electron chi connectivity index (χ2n) is 4.66. The average Bonchev–Trinajstić information content (AvgIpc) is 3.29. The molecular formula is C12H20N6O5P+. The number of rotatable bonds is 12. The minimum absolute atomic E-state index is 0.199. The maximum atomic E-state index is 11.7. The summed E-state index contributed by atoms with van der Waals surface area (Å²) in [5.41, 5.74) is 0. The van der Waals surface area contributed by atoms with Gasteiger partial charge in [0.2, 0.25) is 0 Å². The van der Waals surface area contributed by atoms with Gasteiger partial charge in [-0.25, -0.2) is 9.97 Å². The molecule has 0 saturated heterocycles. The Morgan fingerprint density at radius 2 is 1.42 bits per heavy atom.